The molecule has 1 amide bonds. The smallest absolute Gasteiger partial charge is 0.273 e. The summed E-state index contributed by atoms with van der Waals surface area (Å²) in [7, 11) is 0. The van der Waals surface area contributed by atoms with Crippen LogP contribution in [0.1, 0.15) is 22.5 Å². The molecule has 7 heteroatoms. The highest BCUT2D eigenvalue weighted by molar-refractivity contribution is 5.91. The second-order valence-corrected chi connectivity index (χ2v) is 5.48. The fourth-order valence-electron chi connectivity index (χ4n) is 2.37. The lowest BCUT2D eigenvalue weighted by Gasteiger charge is -2.03. The van der Waals surface area contributed by atoms with Crippen LogP contribution in [0.4, 0.5) is 0 Å². The van der Waals surface area contributed by atoms with E-state index in [-0.39, 0.29) is 5.91 Å². The van der Waals surface area contributed by atoms with Crippen LogP contribution in [-0.4, -0.2) is 37.2 Å². The summed E-state index contributed by atoms with van der Waals surface area (Å²) in [6.07, 6.45) is 7.00. The molecule has 0 aliphatic rings. The van der Waals surface area contributed by atoms with Crippen molar-refractivity contribution < 1.29 is 4.79 Å². The van der Waals surface area contributed by atoms with E-state index in [4.69, 9.17) is 0 Å². The van der Waals surface area contributed by atoms with Crippen LogP contribution >= 0.6 is 0 Å². The molecule has 124 valence electrons. The number of aromatic nitrogens is 5. The Balaban J connectivity index is 1.41. The molecule has 0 aliphatic carbocycles. The van der Waals surface area contributed by atoms with Crippen LogP contribution in [0.5, 0.6) is 0 Å². The molecule has 0 bridgehead atoms. The van der Waals surface area contributed by atoms with Crippen molar-refractivity contribution in [3.8, 4) is 0 Å². The largest absolute Gasteiger partial charge is 0.351 e. The molecule has 0 unspecified atom stereocenters. The summed E-state index contributed by atoms with van der Waals surface area (Å²) in [6.45, 7) is 2.05. The molecule has 2 heterocycles. The van der Waals surface area contributed by atoms with Crippen LogP contribution in [0, 0.1) is 0 Å². The molecule has 0 radical (unpaired) electrons. The molecule has 1 aromatic carbocycles. The van der Waals surface area contributed by atoms with Gasteiger partial charge in [0, 0.05) is 32.0 Å². The van der Waals surface area contributed by atoms with Crippen LogP contribution in [0.3, 0.4) is 0 Å². The van der Waals surface area contributed by atoms with Crippen LogP contribution in [0.2, 0.25) is 0 Å². The van der Waals surface area contributed by atoms with Gasteiger partial charge >= 0.3 is 0 Å². The highest BCUT2D eigenvalue weighted by Crippen LogP contribution is 2.02. The predicted octanol–water partition coefficient (Wildman–Crippen LogP) is 1.54. The Morgan fingerprint density at radius 1 is 1.08 bits per heavy atom. The second-order valence-electron chi connectivity index (χ2n) is 5.48. The summed E-state index contributed by atoms with van der Waals surface area (Å²) < 4.78 is 3.54. The normalized spacial score (nSPS) is 10.7. The molecule has 0 saturated carbocycles. The topological polar surface area (TPSA) is 77.6 Å². The molecule has 3 rings (SSSR count). The van der Waals surface area contributed by atoms with E-state index in [1.54, 1.807) is 17.1 Å². The number of hydrogen-bond donors (Lipinski definition) is 1. The van der Waals surface area contributed by atoms with Gasteiger partial charge in [-0.25, -0.2) is 0 Å². The molecular weight excluding hydrogens is 304 g/mol. The Kier molecular flexibility index (Phi) is 5.34. The maximum Gasteiger partial charge on any atom is 0.273 e. The maximum atomic E-state index is 12.0. The Bertz CT molecular complexity index is 751. The minimum Gasteiger partial charge on any atom is -0.351 e. The Hall–Kier alpha value is -2.96. The summed E-state index contributed by atoms with van der Waals surface area (Å²) in [5, 5.41) is 14.9. The van der Waals surface area contributed by atoms with Gasteiger partial charge in [0.1, 0.15) is 0 Å². The molecule has 1 N–H and O–H groups in total. The standard InChI is InChI=1S/C17H20N6O/c24-17(18-9-4-11-22-12-5-10-19-22)16-14-23(21-20-16)13-8-15-6-2-1-3-7-15/h1-3,5-7,10,12,14H,4,8-9,11,13H2,(H,18,24). The lowest BCUT2D eigenvalue weighted by molar-refractivity contribution is 0.0947. The maximum absolute atomic E-state index is 12.0. The van der Waals surface area contributed by atoms with Crippen molar-refractivity contribution in [1.82, 2.24) is 30.1 Å². The number of amides is 1. The molecule has 3 aromatic rings. The molecule has 7 nitrogen and oxygen atoms in total. The van der Waals surface area contributed by atoms with E-state index in [1.807, 2.05) is 35.1 Å². The van der Waals surface area contributed by atoms with Gasteiger partial charge in [0.25, 0.3) is 5.91 Å². The number of aryl methyl sites for hydroxylation is 3. The number of nitrogens with one attached hydrogen (secondary N) is 1. The first-order valence-electron chi connectivity index (χ1n) is 8.01. The van der Waals surface area contributed by atoms with Gasteiger partial charge in [0.2, 0.25) is 0 Å². The minimum absolute atomic E-state index is 0.193. The summed E-state index contributed by atoms with van der Waals surface area (Å²) in [6, 6.07) is 12.0. The van der Waals surface area contributed by atoms with Crippen molar-refractivity contribution in [3.05, 3.63) is 66.2 Å². The number of carbonyl (C=O) groups excluding carboxylic acids is 1. The molecule has 24 heavy (non-hydrogen) atoms. The van der Waals surface area contributed by atoms with Crippen LogP contribution < -0.4 is 5.32 Å². The third kappa shape index (κ3) is 4.52. The van der Waals surface area contributed by atoms with Crippen molar-refractivity contribution in [2.75, 3.05) is 6.54 Å². The summed E-state index contributed by atoms with van der Waals surface area (Å²) in [5.41, 5.74) is 1.58. The van der Waals surface area contributed by atoms with Crippen LogP contribution in [0.15, 0.2) is 55.0 Å². The number of nitrogens with zero attached hydrogens (tertiary/aromatic N) is 5. The quantitative estimate of drug-likeness (QED) is 0.638. The molecule has 0 fully saturated rings. The van der Waals surface area contributed by atoms with Crippen molar-refractivity contribution in [1.29, 1.82) is 0 Å². The number of benzene rings is 1. The average molecular weight is 324 g/mol. The molecule has 0 saturated heterocycles. The highest BCUT2D eigenvalue weighted by atomic mass is 16.2. The van der Waals surface area contributed by atoms with Gasteiger partial charge in [-0.15, -0.1) is 5.10 Å². The van der Waals surface area contributed by atoms with Gasteiger partial charge in [-0.1, -0.05) is 35.5 Å². The van der Waals surface area contributed by atoms with Crippen molar-refractivity contribution >= 4 is 5.91 Å². The van der Waals surface area contributed by atoms with E-state index >= 15 is 0 Å². The van der Waals surface area contributed by atoms with E-state index in [1.165, 1.54) is 5.56 Å². The molecule has 0 aliphatic heterocycles. The van der Waals surface area contributed by atoms with Crippen molar-refractivity contribution in [3.63, 3.8) is 0 Å². The first-order chi connectivity index (χ1) is 11.8. The third-order valence-corrected chi connectivity index (χ3v) is 3.65. The number of hydrogen-bond acceptors (Lipinski definition) is 4. The van der Waals surface area contributed by atoms with Gasteiger partial charge in [0.15, 0.2) is 5.69 Å². The lowest BCUT2D eigenvalue weighted by Crippen LogP contribution is -2.25. The van der Waals surface area contributed by atoms with E-state index < -0.39 is 0 Å². The van der Waals surface area contributed by atoms with E-state index in [0.29, 0.717) is 18.8 Å². The third-order valence-electron chi connectivity index (χ3n) is 3.65. The fraction of sp³-hybridized carbons (Fsp3) is 0.294. The summed E-state index contributed by atoms with van der Waals surface area (Å²) >= 11 is 0. The predicted molar refractivity (Wildman–Crippen MR) is 89.3 cm³/mol. The van der Waals surface area contributed by atoms with E-state index in [9.17, 15) is 4.79 Å². The van der Waals surface area contributed by atoms with Gasteiger partial charge in [-0.3, -0.25) is 14.2 Å². The van der Waals surface area contributed by atoms with Gasteiger partial charge in [-0.05, 0) is 24.5 Å². The second kappa shape index (κ2) is 8.05. The Morgan fingerprint density at radius 2 is 1.96 bits per heavy atom. The van der Waals surface area contributed by atoms with Gasteiger partial charge in [-0.2, -0.15) is 5.10 Å². The van der Waals surface area contributed by atoms with E-state index in [0.717, 1.165) is 19.4 Å². The van der Waals surface area contributed by atoms with Crippen LogP contribution in [-0.2, 0) is 19.5 Å². The lowest BCUT2D eigenvalue weighted by atomic mass is 10.1. The highest BCUT2D eigenvalue weighted by Gasteiger charge is 2.10. The first kappa shape index (κ1) is 15.9. The average Bonchev–Trinajstić information content (AvgIpc) is 3.29. The van der Waals surface area contributed by atoms with Gasteiger partial charge < -0.3 is 5.32 Å². The molecule has 2 aromatic heterocycles. The Morgan fingerprint density at radius 3 is 2.75 bits per heavy atom. The fourth-order valence-corrected chi connectivity index (χ4v) is 2.37. The van der Waals surface area contributed by atoms with E-state index in [2.05, 4.69) is 32.9 Å². The van der Waals surface area contributed by atoms with Crippen molar-refractivity contribution in [2.24, 2.45) is 0 Å². The van der Waals surface area contributed by atoms with Gasteiger partial charge in [0.05, 0.1) is 6.20 Å². The number of carbonyl (C=O) groups is 1. The zero-order valence-corrected chi connectivity index (χ0v) is 13.4. The van der Waals surface area contributed by atoms with Crippen LogP contribution in [0.25, 0.3) is 0 Å². The zero-order chi connectivity index (χ0) is 16.6. The summed E-state index contributed by atoms with van der Waals surface area (Å²) in [5.74, 6) is -0.193. The first-order valence-corrected chi connectivity index (χ1v) is 8.01. The SMILES string of the molecule is O=C(NCCCn1cccn1)c1cn(CCc2ccccc2)nn1. The monoisotopic (exact) mass is 324 g/mol. The zero-order valence-electron chi connectivity index (χ0n) is 13.4. The Labute approximate surface area is 140 Å². The summed E-state index contributed by atoms with van der Waals surface area (Å²) in [4.78, 5) is 12.0. The minimum atomic E-state index is -0.193. The molecular formula is C17H20N6O. The molecule has 0 spiro atoms. The van der Waals surface area contributed by atoms with Crippen molar-refractivity contribution in [2.45, 2.75) is 25.9 Å². The molecule has 0 atom stereocenters. The number of rotatable bonds is 8.